The zero-order valence-corrected chi connectivity index (χ0v) is 21.3. The number of hydrogen-bond acceptors (Lipinski definition) is 5. The number of aryl methyl sites for hydroxylation is 2. The van der Waals surface area contributed by atoms with Gasteiger partial charge >= 0.3 is 0 Å². The zero-order chi connectivity index (χ0) is 25.1. The van der Waals surface area contributed by atoms with E-state index in [0.717, 1.165) is 74.2 Å². The van der Waals surface area contributed by atoms with Gasteiger partial charge in [0.05, 0.1) is 5.60 Å². The lowest BCUT2D eigenvalue weighted by Crippen LogP contribution is -2.50. The Morgan fingerprint density at radius 2 is 1.72 bits per heavy atom. The molecule has 2 aliphatic heterocycles. The average Bonchev–Trinajstić information content (AvgIpc) is 2.90. The second-order valence-electron chi connectivity index (χ2n) is 10.3. The van der Waals surface area contributed by atoms with Crippen LogP contribution in [0.3, 0.4) is 0 Å². The number of pyridine rings is 1. The van der Waals surface area contributed by atoms with Gasteiger partial charge in [0.2, 0.25) is 0 Å². The van der Waals surface area contributed by atoms with Gasteiger partial charge in [-0.25, -0.2) is 0 Å². The lowest BCUT2D eigenvalue weighted by molar-refractivity contribution is -0.0381. The lowest BCUT2D eigenvalue weighted by Gasteiger charge is -2.44. The smallest absolute Gasteiger partial charge is 0.255 e. The molecule has 3 aromatic rings. The average molecular weight is 485 g/mol. The van der Waals surface area contributed by atoms with Crippen LogP contribution in [0, 0.1) is 13.8 Å². The molecule has 0 aliphatic carbocycles. The molecule has 2 saturated heterocycles. The molecule has 2 N–H and O–H groups in total. The van der Waals surface area contributed by atoms with E-state index < -0.39 is 5.60 Å². The third-order valence-corrected chi connectivity index (χ3v) is 7.92. The van der Waals surface area contributed by atoms with Crippen molar-refractivity contribution in [3.8, 4) is 0 Å². The van der Waals surface area contributed by atoms with Crippen molar-refractivity contribution in [3.05, 3.63) is 89.2 Å². The summed E-state index contributed by atoms with van der Waals surface area (Å²) in [6, 6.07) is 18.5. The summed E-state index contributed by atoms with van der Waals surface area (Å²) in [5, 5.41) is 14.1. The minimum atomic E-state index is -0.749. The van der Waals surface area contributed by atoms with E-state index in [1.165, 1.54) is 5.69 Å². The van der Waals surface area contributed by atoms with Crippen LogP contribution in [0.1, 0.15) is 52.7 Å². The molecule has 1 aromatic heterocycles. The van der Waals surface area contributed by atoms with E-state index in [2.05, 4.69) is 32.2 Å². The zero-order valence-electron chi connectivity index (χ0n) is 21.3. The molecule has 188 valence electrons. The highest BCUT2D eigenvalue weighted by Gasteiger charge is 2.36. The first-order valence-corrected chi connectivity index (χ1v) is 13.0. The molecule has 0 spiro atoms. The van der Waals surface area contributed by atoms with Crippen molar-refractivity contribution in [1.82, 2.24) is 9.88 Å². The van der Waals surface area contributed by atoms with Gasteiger partial charge < -0.3 is 20.2 Å². The fourth-order valence-corrected chi connectivity index (χ4v) is 5.70. The van der Waals surface area contributed by atoms with Gasteiger partial charge in [0.1, 0.15) is 0 Å². The van der Waals surface area contributed by atoms with E-state index in [9.17, 15) is 9.90 Å². The largest absolute Gasteiger partial charge is 0.385 e. The Kier molecular flexibility index (Phi) is 7.08. The Labute approximate surface area is 214 Å². The third kappa shape index (κ3) is 5.30. The van der Waals surface area contributed by atoms with Crippen LogP contribution in [0.25, 0.3) is 0 Å². The summed E-state index contributed by atoms with van der Waals surface area (Å²) in [5.74, 6) is -0.0713. The van der Waals surface area contributed by atoms with Gasteiger partial charge in [0.15, 0.2) is 0 Å². The van der Waals surface area contributed by atoms with Crippen molar-refractivity contribution < 1.29 is 9.90 Å². The van der Waals surface area contributed by atoms with Crippen molar-refractivity contribution in [2.75, 3.05) is 36.4 Å². The number of anilines is 2. The molecule has 2 aromatic carbocycles. The van der Waals surface area contributed by atoms with Crippen LogP contribution in [0.2, 0.25) is 0 Å². The Morgan fingerprint density at radius 3 is 2.36 bits per heavy atom. The van der Waals surface area contributed by atoms with Gasteiger partial charge in [0, 0.05) is 67.1 Å². The maximum atomic E-state index is 12.7. The van der Waals surface area contributed by atoms with Gasteiger partial charge in [0.25, 0.3) is 5.91 Å². The van der Waals surface area contributed by atoms with Crippen molar-refractivity contribution >= 4 is 17.3 Å². The first-order chi connectivity index (χ1) is 17.4. The molecule has 6 heteroatoms. The van der Waals surface area contributed by atoms with Crippen LogP contribution in [0.4, 0.5) is 11.4 Å². The minimum Gasteiger partial charge on any atom is -0.385 e. The second-order valence-corrected chi connectivity index (χ2v) is 10.3. The molecule has 0 unspecified atom stereocenters. The fourth-order valence-electron chi connectivity index (χ4n) is 5.70. The molecule has 2 fully saturated rings. The Bertz CT molecular complexity index is 1180. The van der Waals surface area contributed by atoms with Crippen LogP contribution in [0.5, 0.6) is 0 Å². The monoisotopic (exact) mass is 484 g/mol. The molecule has 0 atom stereocenters. The highest BCUT2D eigenvalue weighted by molar-refractivity contribution is 6.05. The van der Waals surface area contributed by atoms with Crippen LogP contribution < -0.4 is 10.2 Å². The molecule has 2 aliphatic rings. The van der Waals surface area contributed by atoms with E-state index in [4.69, 9.17) is 0 Å². The number of hydrogen-bond donors (Lipinski definition) is 2. The molecule has 0 bridgehead atoms. The van der Waals surface area contributed by atoms with Crippen LogP contribution in [-0.4, -0.2) is 53.1 Å². The van der Waals surface area contributed by atoms with Crippen LogP contribution >= 0.6 is 0 Å². The number of rotatable bonds is 5. The number of carbonyl (C=O) groups excluding carboxylic acids is 1. The molecule has 0 saturated carbocycles. The Hall–Kier alpha value is -3.22. The summed E-state index contributed by atoms with van der Waals surface area (Å²) in [5.41, 5.74) is 5.05. The summed E-state index contributed by atoms with van der Waals surface area (Å²) in [6.07, 6.45) is 7.31. The maximum Gasteiger partial charge on any atom is 0.255 e. The number of amides is 1. The minimum absolute atomic E-state index is 0.0713. The number of carbonyl (C=O) groups is 1. The lowest BCUT2D eigenvalue weighted by atomic mass is 9.84. The second kappa shape index (κ2) is 10.4. The van der Waals surface area contributed by atoms with Crippen LogP contribution in [0.15, 0.2) is 67.0 Å². The van der Waals surface area contributed by atoms with E-state index in [1.807, 2.05) is 56.3 Å². The predicted octanol–water partition coefficient (Wildman–Crippen LogP) is 4.90. The van der Waals surface area contributed by atoms with E-state index in [-0.39, 0.29) is 5.91 Å². The molecule has 5 rings (SSSR count). The summed E-state index contributed by atoms with van der Waals surface area (Å²) in [4.78, 5) is 21.9. The number of benzene rings is 2. The number of aromatic nitrogens is 1. The molecule has 36 heavy (non-hydrogen) atoms. The number of aliphatic hydroxyl groups is 1. The molecular formula is C30H36N4O2. The molecule has 6 nitrogen and oxygen atoms in total. The standard InChI is InChI=1S/C30H36N4O2/c1-22-5-10-28(23(2)20-22)29(35)32-25-6-8-26(9-7-25)33-16-11-27(12-17-33)34-18-13-30(36,14-19-34)24-4-3-15-31-21-24/h3-10,15,20-21,27,36H,11-14,16-19H2,1-2H3,(H,32,35). The number of piperidine rings is 2. The quantitative estimate of drug-likeness (QED) is 0.539. The third-order valence-electron chi connectivity index (χ3n) is 7.92. The van der Waals surface area contributed by atoms with Gasteiger partial charge in [-0.15, -0.1) is 0 Å². The van der Waals surface area contributed by atoms with E-state index in [1.54, 1.807) is 12.4 Å². The summed E-state index contributed by atoms with van der Waals surface area (Å²) >= 11 is 0. The number of likely N-dealkylation sites (tertiary alicyclic amines) is 1. The number of nitrogens with one attached hydrogen (secondary N) is 1. The van der Waals surface area contributed by atoms with Crippen molar-refractivity contribution in [2.24, 2.45) is 0 Å². The first kappa shape index (κ1) is 24.5. The Balaban J connectivity index is 1.12. The number of nitrogens with zero attached hydrogens (tertiary/aromatic N) is 3. The van der Waals surface area contributed by atoms with Crippen molar-refractivity contribution in [2.45, 2.75) is 51.2 Å². The molecule has 0 radical (unpaired) electrons. The first-order valence-electron chi connectivity index (χ1n) is 13.0. The van der Waals surface area contributed by atoms with Gasteiger partial charge in [-0.1, -0.05) is 23.8 Å². The SMILES string of the molecule is Cc1ccc(C(=O)Nc2ccc(N3CCC(N4CCC(O)(c5cccnc5)CC4)CC3)cc2)c(C)c1. The summed E-state index contributed by atoms with van der Waals surface area (Å²) in [6.45, 7) is 7.88. The van der Waals surface area contributed by atoms with Crippen LogP contribution in [-0.2, 0) is 5.60 Å². The fraction of sp³-hybridized carbons (Fsp3) is 0.400. The molecular weight excluding hydrogens is 448 g/mol. The normalized spacial score (nSPS) is 18.7. The van der Waals surface area contributed by atoms with E-state index in [0.29, 0.717) is 11.6 Å². The predicted molar refractivity (Wildman–Crippen MR) is 144 cm³/mol. The Morgan fingerprint density at radius 1 is 1.00 bits per heavy atom. The highest BCUT2D eigenvalue weighted by atomic mass is 16.3. The van der Waals surface area contributed by atoms with Gasteiger partial charge in [-0.3, -0.25) is 9.78 Å². The maximum absolute atomic E-state index is 12.7. The summed E-state index contributed by atoms with van der Waals surface area (Å²) < 4.78 is 0. The molecule has 3 heterocycles. The van der Waals surface area contributed by atoms with Crippen molar-refractivity contribution in [1.29, 1.82) is 0 Å². The molecule has 1 amide bonds. The van der Waals surface area contributed by atoms with E-state index >= 15 is 0 Å². The summed E-state index contributed by atoms with van der Waals surface area (Å²) in [7, 11) is 0. The van der Waals surface area contributed by atoms with Gasteiger partial charge in [-0.05, 0) is 81.5 Å². The topological polar surface area (TPSA) is 68.7 Å². The van der Waals surface area contributed by atoms with Gasteiger partial charge in [-0.2, -0.15) is 0 Å². The van der Waals surface area contributed by atoms with Crippen molar-refractivity contribution in [3.63, 3.8) is 0 Å². The highest BCUT2D eigenvalue weighted by Crippen LogP contribution is 2.34.